The molecule has 0 bridgehead atoms. The third-order valence-electron chi connectivity index (χ3n) is 4.16. The normalized spacial score (nSPS) is 10.7. The summed E-state index contributed by atoms with van der Waals surface area (Å²) in [6.07, 6.45) is 4.80. The third kappa shape index (κ3) is 8.31. The summed E-state index contributed by atoms with van der Waals surface area (Å²) in [5.41, 5.74) is 2.52. The molecule has 0 aliphatic heterocycles. The van der Waals surface area contributed by atoms with Gasteiger partial charge in [-0.3, -0.25) is 20.2 Å². The number of unbranched alkanes of at least 4 members (excludes halogenated alkanes) is 3. The topological polar surface area (TPSA) is 86.3 Å². The number of benzene rings is 2. The lowest BCUT2D eigenvalue weighted by atomic mass is 10.2. The number of hydrogen-bond donors (Lipinski definition) is 0. The zero-order chi connectivity index (χ0) is 20.2. The Bertz CT molecular complexity index is 686. The quantitative estimate of drug-likeness (QED) is 0.217. The van der Waals surface area contributed by atoms with Crippen LogP contribution in [0.2, 0.25) is 0 Å². The fraction of sp³-hybridized carbons (Fsp3) is 0.400. The standard InChI is InChI=1S/C20H24N2O4S2/c23-21(24)19-9-5-17(6-10-19)15-27-13-3-1-2-4-14-28-16-18-7-11-20(12-8-18)22(25)26/h5-12H,1-4,13-16H2. The van der Waals surface area contributed by atoms with Crippen LogP contribution in [-0.4, -0.2) is 21.4 Å². The van der Waals surface area contributed by atoms with Gasteiger partial charge in [-0.1, -0.05) is 37.1 Å². The van der Waals surface area contributed by atoms with Gasteiger partial charge in [0.25, 0.3) is 11.4 Å². The first kappa shape index (κ1) is 22.2. The van der Waals surface area contributed by atoms with Crippen molar-refractivity contribution in [3.05, 3.63) is 79.9 Å². The van der Waals surface area contributed by atoms with E-state index in [1.165, 1.54) is 25.7 Å². The van der Waals surface area contributed by atoms with E-state index in [-0.39, 0.29) is 21.2 Å². The van der Waals surface area contributed by atoms with Crippen LogP contribution < -0.4 is 0 Å². The molecular formula is C20H24N2O4S2. The number of nitro benzene ring substituents is 2. The molecule has 0 fully saturated rings. The maximum atomic E-state index is 10.6. The number of thioether (sulfide) groups is 2. The number of hydrogen-bond acceptors (Lipinski definition) is 6. The number of nitrogens with zero attached hydrogens (tertiary/aromatic N) is 2. The largest absolute Gasteiger partial charge is 0.269 e. The van der Waals surface area contributed by atoms with Gasteiger partial charge >= 0.3 is 0 Å². The summed E-state index contributed by atoms with van der Waals surface area (Å²) in [5, 5.41) is 21.2. The Balaban J connectivity index is 1.45. The summed E-state index contributed by atoms with van der Waals surface area (Å²) in [5.74, 6) is 3.99. The van der Waals surface area contributed by atoms with E-state index in [2.05, 4.69) is 0 Å². The molecule has 0 amide bonds. The molecule has 6 nitrogen and oxygen atoms in total. The third-order valence-corrected chi connectivity index (χ3v) is 6.39. The van der Waals surface area contributed by atoms with Gasteiger partial charge in [-0.15, -0.1) is 0 Å². The summed E-state index contributed by atoms with van der Waals surface area (Å²) in [7, 11) is 0. The molecule has 0 spiro atoms. The molecule has 2 aromatic carbocycles. The van der Waals surface area contributed by atoms with E-state index >= 15 is 0 Å². The van der Waals surface area contributed by atoms with Gasteiger partial charge in [0.05, 0.1) is 9.85 Å². The lowest BCUT2D eigenvalue weighted by Crippen LogP contribution is -1.90. The van der Waals surface area contributed by atoms with Crippen molar-refractivity contribution in [3.63, 3.8) is 0 Å². The van der Waals surface area contributed by atoms with Gasteiger partial charge in [0.15, 0.2) is 0 Å². The summed E-state index contributed by atoms with van der Waals surface area (Å²) in [6, 6.07) is 13.5. The van der Waals surface area contributed by atoms with Crippen LogP contribution in [0.15, 0.2) is 48.5 Å². The molecular weight excluding hydrogens is 396 g/mol. The minimum absolute atomic E-state index is 0.139. The fourth-order valence-electron chi connectivity index (χ4n) is 2.57. The molecule has 0 unspecified atom stereocenters. The summed E-state index contributed by atoms with van der Waals surface area (Å²) >= 11 is 3.73. The Morgan fingerprint density at radius 3 is 1.29 bits per heavy atom. The zero-order valence-electron chi connectivity index (χ0n) is 15.6. The van der Waals surface area contributed by atoms with Crippen LogP contribution in [-0.2, 0) is 11.5 Å². The monoisotopic (exact) mass is 420 g/mol. The zero-order valence-corrected chi connectivity index (χ0v) is 17.3. The molecule has 2 rings (SSSR count). The molecule has 150 valence electrons. The summed E-state index contributed by atoms with van der Waals surface area (Å²) < 4.78 is 0. The molecule has 0 radical (unpaired) electrons. The van der Waals surface area contributed by atoms with Crippen LogP contribution in [0.1, 0.15) is 36.8 Å². The van der Waals surface area contributed by atoms with Crippen LogP contribution in [0.25, 0.3) is 0 Å². The first-order valence-corrected chi connectivity index (χ1v) is 11.5. The Morgan fingerprint density at radius 1 is 0.607 bits per heavy atom. The van der Waals surface area contributed by atoms with Crippen LogP contribution in [0.4, 0.5) is 11.4 Å². The van der Waals surface area contributed by atoms with Gasteiger partial charge in [0.1, 0.15) is 0 Å². The van der Waals surface area contributed by atoms with E-state index in [1.54, 1.807) is 24.3 Å². The van der Waals surface area contributed by atoms with Crippen LogP contribution >= 0.6 is 23.5 Å². The summed E-state index contributed by atoms with van der Waals surface area (Å²) in [6.45, 7) is 0. The molecule has 8 heteroatoms. The minimum Gasteiger partial charge on any atom is -0.258 e. The number of non-ortho nitro benzene ring substituents is 2. The van der Waals surface area contributed by atoms with Crippen molar-refractivity contribution in [1.82, 2.24) is 0 Å². The van der Waals surface area contributed by atoms with Gasteiger partial charge in [-0.2, -0.15) is 23.5 Å². The lowest BCUT2D eigenvalue weighted by molar-refractivity contribution is -0.385. The van der Waals surface area contributed by atoms with Crippen molar-refractivity contribution in [2.45, 2.75) is 37.2 Å². The second-order valence-corrected chi connectivity index (χ2v) is 8.58. The highest BCUT2D eigenvalue weighted by atomic mass is 32.2. The van der Waals surface area contributed by atoms with Gasteiger partial charge in [0.2, 0.25) is 0 Å². The van der Waals surface area contributed by atoms with Gasteiger partial charge in [-0.05, 0) is 35.5 Å². The van der Waals surface area contributed by atoms with Crippen molar-refractivity contribution in [3.8, 4) is 0 Å². The van der Waals surface area contributed by atoms with E-state index in [4.69, 9.17) is 0 Å². The summed E-state index contributed by atoms with van der Waals surface area (Å²) in [4.78, 5) is 20.5. The van der Waals surface area contributed by atoms with Crippen LogP contribution in [0.5, 0.6) is 0 Å². The Kier molecular flexibility index (Phi) is 9.85. The number of rotatable bonds is 13. The second kappa shape index (κ2) is 12.4. The first-order valence-electron chi connectivity index (χ1n) is 9.18. The predicted octanol–water partition coefficient (Wildman–Crippen LogP) is 6.23. The van der Waals surface area contributed by atoms with Crippen molar-refractivity contribution in [1.29, 1.82) is 0 Å². The SMILES string of the molecule is O=[N+]([O-])c1ccc(CSCCCCCCSCc2ccc([N+](=O)[O-])cc2)cc1. The lowest BCUT2D eigenvalue weighted by Gasteiger charge is -2.04. The van der Waals surface area contributed by atoms with Gasteiger partial charge in [-0.25, -0.2) is 0 Å². The Morgan fingerprint density at radius 2 is 0.964 bits per heavy atom. The van der Waals surface area contributed by atoms with Crippen molar-refractivity contribution >= 4 is 34.9 Å². The average Bonchev–Trinajstić information content (AvgIpc) is 2.70. The molecule has 0 aliphatic rings. The molecule has 0 saturated carbocycles. The van der Waals surface area contributed by atoms with Crippen LogP contribution in [0, 0.1) is 20.2 Å². The van der Waals surface area contributed by atoms with E-state index in [0.717, 1.165) is 34.1 Å². The first-order chi connectivity index (χ1) is 13.6. The molecule has 0 saturated heterocycles. The minimum atomic E-state index is -0.374. The Labute approximate surface area is 173 Å². The van der Waals surface area contributed by atoms with Gasteiger partial charge in [0, 0.05) is 35.8 Å². The molecule has 0 N–H and O–H groups in total. The van der Waals surface area contributed by atoms with Crippen LogP contribution in [0.3, 0.4) is 0 Å². The van der Waals surface area contributed by atoms with E-state index in [0.29, 0.717) is 0 Å². The predicted molar refractivity (Wildman–Crippen MR) is 117 cm³/mol. The van der Waals surface area contributed by atoms with Crippen molar-refractivity contribution < 1.29 is 9.85 Å². The number of nitro groups is 2. The fourth-order valence-corrected chi connectivity index (χ4v) is 4.53. The average molecular weight is 421 g/mol. The van der Waals surface area contributed by atoms with Crippen molar-refractivity contribution in [2.75, 3.05) is 11.5 Å². The highest BCUT2D eigenvalue weighted by molar-refractivity contribution is 7.98. The maximum Gasteiger partial charge on any atom is 0.269 e. The Hall–Kier alpha value is -2.06. The molecule has 0 heterocycles. The highest BCUT2D eigenvalue weighted by Crippen LogP contribution is 2.20. The molecule has 28 heavy (non-hydrogen) atoms. The molecule has 0 atom stereocenters. The molecule has 0 aromatic heterocycles. The highest BCUT2D eigenvalue weighted by Gasteiger charge is 2.04. The second-order valence-electron chi connectivity index (χ2n) is 6.37. The van der Waals surface area contributed by atoms with E-state index < -0.39 is 0 Å². The van der Waals surface area contributed by atoms with E-state index in [9.17, 15) is 20.2 Å². The molecule has 0 aliphatic carbocycles. The maximum absolute atomic E-state index is 10.6. The van der Waals surface area contributed by atoms with Gasteiger partial charge < -0.3 is 0 Å². The van der Waals surface area contributed by atoms with Crippen molar-refractivity contribution in [2.24, 2.45) is 0 Å². The molecule has 2 aromatic rings. The van der Waals surface area contributed by atoms with E-state index in [1.807, 2.05) is 47.8 Å². The smallest absolute Gasteiger partial charge is 0.258 e.